The summed E-state index contributed by atoms with van der Waals surface area (Å²) in [6, 6.07) is 33.1. The first-order chi connectivity index (χ1) is 25.6. The lowest BCUT2D eigenvalue weighted by Gasteiger charge is -2.13. The van der Waals surface area contributed by atoms with Crippen LogP contribution in [0.5, 0.6) is 0 Å². The maximum absolute atomic E-state index is 2.28. The van der Waals surface area contributed by atoms with Crippen LogP contribution in [0.15, 0.2) is 91.0 Å². The number of hydrogen-bond donors (Lipinski definition) is 0. The van der Waals surface area contributed by atoms with Crippen molar-refractivity contribution in [3.05, 3.63) is 174 Å². The van der Waals surface area contributed by atoms with Crippen molar-refractivity contribution in [3.63, 3.8) is 0 Å². The molecule has 0 N–H and O–H groups in total. The van der Waals surface area contributed by atoms with Gasteiger partial charge in [0, 0.05) is 0 Å². The second kappa shape index (κ2) is 23.9. The molecular formula is C55H80. The van der Waals surface area contributed by atoms with Gasteiger partial charge in [0.05, 0.1) is 0 Å². The zero-order valence-electron chi connectivity index (χ0n) is 39.0. The molecule has 0 bridgehead atoms. The van der Waals surface area contributed by atoms with Crippen LogP contribution in [0.4, 0.5) is 0 Å². The minimum atomic E-state index is 0.643. The van der Waals surface area contributed by atoms with Crippen molar-refractivity contribution in [3.8, 4) is 0 Å². The second-order valence-corrected chi connectivity index (χ2v) is 17.4. The summed E-state index contributed by atoms with van der Waals surface area (Å²) in [4.78, 5) is 0. The third kappa shape index (κ3) is 16.8. The summed E-state index contributed by atoms with van der Waals surface area (Å²) in [6.45, 7) is 44.0. The van der Waals surface area contributed by atoms with Gasteiger partial charge in [-0.2, -0.15) is 0 Å². The Morgan fingerprint density at radius 2 is 0.709 bits per heavy atom. The summed E-state index contributed by atoms with van der Waals surface area (Å²) >= 11 is 0. The Balaban J connectivity index is 0.000000344. The highest BCUT2D eigenvalue weighted by molar-refractivity contribution is 5.40. The summed E-state index contributed by atoms with van der Waals surface area (Å²) in [5, 5.41) is 0. The van der Waals surface area contributed by atoms with Crippen molar-refractivity contribution >= 4 is 0 Å². The molecule has 55 heavy (non-hydrogen) atoms. The van der Waals surface area contributed by atoms with Crippen LogP contribution in [-0.4, -0.2) is 0 Å². The van der Waals surface area contributed by atoms with Crippen LogP contribution in [0.1, 0.15) is 182 Å². The van der Waals surface area contributed by atoms with Gasteiger partial charge in [-0.15, -0.1) is 0 Å². The molecule has 0 saturated heterocycles. The van der Waals surface area contributed by atoms with E-state index in [1.807, 2.05) is 0 Å². The summed E-state index contributed by atoms with van der Waals surface area (Å²) in [7, 11) is 0. The van der Waals surface area contributed by atoms with Crippen molar-refractivity contribution in [1.82, 2.24) is 0 Å². The van der Waals surface area contributed by atoms with Crippen LogP contribution >= 0.6 is 0 Å². The fourth-order valence-corrected chi connectivity index (χ4v) is 6.55. The Morgan fingerprint density at radius 3 is 1.16 bits per heavy atom. The fourth-order valence-electron chi connectivity index (χ4n) is 6.55. The smallest absolute Gasteiger partial charge is 0.0216 e. The summed E-state index contributed by atoms with van der Waals surface area (Å²) in [5.74, 6) is 3.24. The molecule has 0 radical (unpaired) electrons. The Morgan fingerprint density at radius 1 is 0.273 bits per heavy atom. The molecule has 0 spiro atoms. The van der Waals surface area contributed by atoms with Crippen LogP contribution in [0.25, 0.3) is 0 Å². The van der Waals surface area contributed by atoms with E-state index >= 15 is 0 Å². The maximum atomic E-state index is 2.28. The lowest BCUT2D eigenvalue weighted by molar-refractivity contribution is 0.852. The lowest BCUT2D eigenvalue weighted by atomic mass is 9.92. The van der Waals surface area contributed by atoms with E-state index in [9.17, 15) is 0 Å². The first-order valence-electron chi connectivity index (χ1n) is 20.9. The molecule has 0 saturated carbocycles. The van der Waals surface area contributed by atoms with Crippen molar-refractivity contribution in [2.75, 3.05) is 0 Å². The van der Waals surface area contributed by atoms with Gasteiger partial charge in [0.2, 0.25) is 0 Å². The first kappa shape index (κ1) is 49.1. The van der Waals surface area contributed by atoms with E-state index in [0.29, 0.717) is 29.6 Å². The zero-order valence-corrected chi connectivity index (χ0v) is 39.0. The minimum Gasteiger partial charge on any atom is -0.0617 e. The Hall–Kier alpha value is -3.90. The summed E-state index contributed by atoms with van der Waals surface area (Å²) in [5.41, 5.74) is 21.3. The molecule has 0 aliphatic rings. The molecule has 0 nitrogen and oxygen atoms in total. The van der Waals surface area contributed by atoms with Gasteiger partial charge in [-0.25, -0.2) is 0 Å². The average Bonchev–Trinajstić information content (AvgIpc) is 3.10. The molecule has 0 unspecified atom stereocenters. The highest BCUT2D eigenvalue weighted by atomic mass is 14.1. The first-order valence-corrected chi connectivity index (χ1v) is 20.9. The van der Waals surface area contributed by atoms with Gasteiger partial charge in [0.25, 0.3) is 0 Å². The highest BCUT2D eigenvalue weighted by Gasteiger charge is 2.07. The number of aryl methyl sites for hydroxylation is 7. The molecular weight excluding hydrogens is 661 g/mol. The number of hydrogen-bond acceptors (Lipinski definition) is 0. The Kier molecular flexibility index (Phi) is 21.3. The third-order valence-corrected chi connectivity index (χ3v) is 11.0. The fraction of sp³-hybridized carbons (Fsp3) is 0.455. The van der Waals surface area contributed by atoms with Gasteiger partial charge in [-0.3, -0.25) is 0 Å². The van der Waals surface area contributed by atoms with Crippen molar-refractivity contribution in [1.29, 1.82) is 0 Å². The molecule has 5 aromatic carbocycles. The van der Waals surface area contributed by atoms with E-state index in [1.165, 1.54) is 83.5 Å². The largest absolute Gasteiger partial charge is 0.0617 e. The van der Waals surface area contributed by atoms with Crippen molar-refractivity contribution in [2.45, 2.75) is 168 Å². The summed E-state index contributed by atoms with van der Waals surface area (Å²) < 4.78 is 0. The number of rotatable bonds is 5. The van der Waals surface area contributed by atoms with Crippen molar-refractivity contribution in [2.24, 2.45) is 0 Å². The van der Waals surface area contributed by atoms with E-state index in [-0.39, 0.29) is 0 Å². The van der Waals surface area contributed by atoms with Gasteiger partial charge in [0.15, 0.2) is 0 Å². The number of benzene rings is 5. The molecule has 0 aliphatic carbocycles. The van der Waals surface area contributed by atoms with Gasteiger partial charge in [-0.1, -0.05) is 171 Å². The zero-order chi connectivity index (χ0) is 42.2. The van der Waals surface area contributed by atoms with Gasteiger partial charge in [-0.05, 0) is 171 Å². The highest BCUT2D eigenvalue weighted by Crippen LogP contribution is 2.24. The van der Waals surface area contributed by atoms with Crippen molar-refractivity contribution < 1.29 is 0 Å². The standard InChI is InChI=1S/C12H18.3C11H16.C10H14/c1-8(2)12-7-6-9(3)10(4)11(12)5;1-8(2)11-6-5-9(3)10(4)7-11;1-8(2)11-6-5-9(3)7-10(11)4;1-8(2)11-7-5-6-9(3)10(11)4;1-8(2)10-6-4-9(3)5-7-10/h6-8H,1-5H3;3*5-8H,1-4H3;4-8H,1-3H3. The predicted octanol–water partition coefficient (Wildman–Crippen LogP) is 17.1. The van der Waals surface area contributed by atoms with Crippen LogP contribution in [-0.2, 0) is 0 Å². The topological polar surface area (TPSA) is 0 Å². The molecule has 300 valence electrons. The quantitative estimate of drug-likeness (QED) is 0.168. The van der Waals surface area contributed by atoms with Crippen LogP contribution < -0.4 is 0 Å². The minimum absolute atomic E-state index is 0.643. The third-order valence-electron chi connectivity index (χ3n) is 11.0. The van der Waals surface area contributed by atoms with E-state index in [2.05, 4.69) is 229 Å². The van der Waals surface area contributed by atoms with E-state index in [1.54, 1.807) is 0 Å². The molecule has 5 rings (SSSR count). The summed E-state index contributed by atoms with van der Waals surface area (Å²) in [6.07, 6.45) is 0. The van der Waals surface area contributed by atoms with Crippen LogP contribution in [0.2, 0.25) is 0 Å². The normalized spacial score (nSPS) is 10.6. The van der Waals surface area contributed by atoms with Crippen LogP contribution in [0, 0.1) is 69.2 Å². The molecule has 0 aliphatic heterocycles. The van der Waals surface area contributed by atoms with E-state index in [4.69, 9.17) is 0 Å². The molecule has 0 aromatic heterocycles. The SMILES string of the molecule is Cc1ccc(C(C)C)c(C)c1.Cc1ccc(C(C)C)c(C)c1C.Cc1ccc(C(C)C)cc1.Cc1ccc(C(C)C)cc1C.Cc1cccc(C(C)C)c1C. The molecule has 0 fully saturated rings. The molecule has 0 amide bonds. The predicted molar refractivity (Wildman–Crippen MR) is 250 cm³/mol. The maximum Gasteiger partial charge on any atom is -0.0216 e. The molecule has 0 atom stereocenters. The van der Waals surface area contributed by atoms with Gasteiger partial charge in [0.1, 0.15) is 0 Å². The van der Waals surface area contributed by atoms with Gasteiger partial charge >= 0.3 is 0 Å². The second-order valence-electron chi connectivity index (χ2n) is 17.4. The van der Waals surface area contributed by atoms with Gasteiger partial charge < -0.3 is 0 Å². The Bertz CT molecular complexity index is 1860. The lowest BCUT2D eigenvalue weighted by Crippen LogP contribution is -1.96. The van der Waals surface area contributed by atoms with Crippen LogP contribution in [0.3, 0.4) is 0 Å². The van der Waals surface area contributed by atoms with E-state index in [0.717, 1.165) is 0 Å². The molecule has 5 aromatic rings. The molecule has 0 heteroatoms. The Labute approximate surface area is 341 Å². The molecule has 0 heterocycles. The average molecular weight is 741 g/mol. The van der Waals surface area contributed by atoms with E-state index < -0.39 is 0 Å². The monoisotopic (exact) mass is 741 g/mol.